The first kappa shape index (κ1) is 6.86. The van der Waals surface area contributed by atoms with Gasteiger partial charge in [0.15, 0.2) is 5.49 Å². The quantitative estimate of drug-likeness (QED) is 0.568. The van der Waals surface area contributed by atoms with Crippen LogP contribution in [0.3, 0.4) is 0 Å². The number of pyridine rings is 1. The first-order valence-electron chi connectivity index (χ1n) is 3.22. The Balaban J connectivity index is 3.15. The number of hydrogen-bond acceptors (Lipinski definition) is 2. The van der Waals surface area contributed by atoms with Crippen LogP contribution in [0.2, 0.25) is 0 Å². The predicted octanol–water partition coefficient (Wildman–Crippen LogP) is 0.646. The molecule has 10 heavy (non-hydrogen) atoms. The van der Waals surface area contributed by atoms with E-state index in [9.17, 15) is 0 Å². The first-order valence-corrected chi connectivity index (χ1v) is 3.22. The van der Waals surface area contributed by atoms with Gasteiger partial charge in [-0.3, -0.25) is 4.99 Å². The van der Waals surface area contributed by atoms with Crippen molar-refractivity contribution in [1.29, 1.82) is 0 Å². The molecule has 1 aromatic heterocycles. The Kier molecular flexibility index (Phi) is 2.10. The molecule has 0 saturated heterocycles. The molecule has 0 atom stereocenters. The smallest absolute Gasteiger partial charge is 0.163 e. The molecule has 3 heteroatoms. The van der Waals surface area contributed by atoms with Crippen LogP contribution in [0.25, 0.3) is 0 Å². The normalized spacial score (nSPS) is 11.9. The van der Waals surface area contributed by atoms with Crippen molar-refractivity contribution in [2.45, 2.75) is 6.92 Å². The molecule has 1 rings (SSSR count). The highest BCUT2D eigenvalue weighted by atomic mass is 16.5. The van der Waals surface area contributed by atoms with Gasteiger partial charge >= 0.3 is 0 Å². The van der Waals surface area contributed by atoms with Crippen LogP contribution in [0.1, 0.15) is 6.92 Å². The van der Waals surface area contributed by atoms with Crippen LogP contribution < -0.4 is 5.49 Å². The van der Waals surface area contributed by atoms with Gasteiger partial charge < -0.3 is 5.21 Å². The number of hydrogen-bond donors (Lipinski definition) is 1. The third-order valence-corrected chi connectivity index (χ3v) is 1.14. The summed E-state index contributed by atoms with van der Waals surface area (Å²) in [5.74, 6) is 0. The topological polar surface area (TPSA) is 37.5 Å². The van der Waals surface area contributed by atoms with E-state index in [4.69, 9.17) is 5.21 Å². The highest BCUT2D eigenvalue weighted by Crippen LogP contribution is 1.75. The van der Waals surface area contributed by atoms with E-state index in [1.165, 1.54) is 0 Å². The molecule has 0 amide bonds. The number of rotatable bonds is 1. The summed E-state index contributed by atoms with van der Waals surface area (Å²) in [6, 6.07) is 5.33. The van der Waals surface area contributed by atoms with Crippen molar-refractivity contribution in [3.63, 3.8) is 0 Å². The molecule has 0 aliphatic rings. The van der Waals surface area contributed by atoms with Crippen LogP contribution in [0.15, 0.2) is 29.4 Å². The fraction of sp³-hybridized carbons (Fsp3) is 0.286. The van der Waals surface area contributed by atoms with Gasteiger partial charge in [0, 0.05) is 12.7 Å². The Morgan fingerprint density at radius 2 is 2.40 bits per heavy atom. The molecule has 1 heterocycles. The minimum atomic E-state index is 0.588. The maximum atomic E-state index is 9.06. The summed E-state index contributed by atoms with van der Waals surface area (Å²) in [4.78, 5) is 4.02. The van der Waals surface area contributed by atoms with Crippen molar-refractivity contribution in [1.82, 2.24) is 4.73 Å². The average Bonchev–Trinajstić information content (AvgIpc) is 1.94. The maximum absolute atomic E-state index is 9.06. The van der Waals surface area contributed by atoms with Crippen molar-refractivity contribution in [3.8, 4) is 0 Å². The SMILES string of the molecule is CCN=c1ccccn1O. The van der Waals surface area contributed by atoms with Crippen LogP contribution in [0.5, 0.6) is 0 Å². The molecule has 0 spiro atoms. The lowest BCUT2D eigenvalue weighted by Crippen LogP contribution is -2.16. The summed E-state index contributed by atoms with van der Waals surface area (Å²) >= 11 is 0. The zero-order valence-corrected chi connectivity index (χ0v) is 5.86. The van der Waals surface area contributed by atoms with Gasteiger partial charge in [-0.2, -0.15) is 4.73 Å². The highest BCUT2D eigenvalue weighted by Gasteiger charge is 1.82. The van der Waals surface area contributed by atoms with Crippen molar-refractivity contribution < 1.29 is 5.21 Å². The summed E-state index contributed by atoms with van der Waals surface area (Å²) in [6.07, 6.45) is 1.55. The molecule has 0 aliphatic carbocycles. The van der Waals surface area contributed by atoms with Gasteiger partial charge in [0.05, 0.1) is 0 Å². The molecular weight excluding hydrogens is 128 g/mol. The molecule has 0 aromatic carbocycles. The van der Waals surface area contributed by atoms with Crippen molar-refractivity contribution >= 4 is 0 Å². The van der Waals surface area contributed by atoms with E-state index in [0.717, 1.165) is 4.73 Å². The summed E-state index contributed by atoms with van der Waals surface area (Å²) in [7, 11) is 0. The van der Waals surface area contributed by atoms with Crippen molar-refractivity contribution in [2.24, 2.45) is 4.99 Å². The molecule has 1 aromatic rings. The first-order chi connectivity index (χ1) is 4.84. The molecule has 1 N–H and O–H groups in total. The maximum Gasteiger partial charge on any atom is 0.163 e. The van der Waals surface area contributed by atoms with Crippen LogP contribution in [0.4, 0.5) is 0 Å². The molecule has 0 radical (unpaired) electrons. The highest BCUT2D eigenvalue weighted by molar-refractivity contribution is 4.90. The summed E-state index contributed by atoms with van der Waals surface area (Å²) in [5.41, 5.74) is 0.588. The van der Waals surface area contributed by atoms with E-state index in [1.807, 2.05) is 13.0 Å². The molecule has 3 nitrogen and oxygen atoms in total. The van der Waals surface area contributed by atoms with Crippen LogP contribution in [-0.4, -0.2) is 16.5 Å². The Bertz CT molecular complexity index is 264. The number of nitrogens with zero attached hydrogens (tertiary/aromatic N) is 2. The largest absolute Gasteiger partial charge is 0.427 e. The van der Waals surface area contributed by atoms with Crippen LogP contribution in [-0.2, 0) is 0 Å². The molecule has 0 fully saturated rings. The van der Waals surface area contributed by atoms with Gasteiger partial charge in [-0.15, -0.1) is 0 Å². The molecular formula is C7H10N2O. The second-order valence-electron chi connectivity index (χ2n) is 1.88. The number of aromatic nitrogens is 1. The second kappa shape index (κ2) is 3.06. The summed E-state index contributed by atoms with van der Waals surface area (Å²) in [5, 5.41) is 9.06. The Morgan fingerprint density at radius 1 is 1.60 bits per heavy atom. The van der Waals surface area contributed by atoms with Gasteiger partial charge in [0.2, 0.25) is 0 Å². The lowest BCUT2D eigenvalue weighted by atomic mass is 10.5. The molecule has 0 aliphatic heterocycles. The fourth-order valence-corrected chi connectivity index (χ4v) is 0.713. The Morgan fingerprint density at radius 3 is 3.00 bits per heavy atom. The van der Waals surface area contributed by atoms with Crippen molar-refractivity contribution in [2.75, 3.05) is 6.54 Å². The second-order valence-corrected chi connectivity index (χ2v) is 1.88. The Hall–Kier alpha value is -1.25. The zero-order valence-electron chi connectivity index (χ0n) is 5.86. The lowest BCUT2D eigenvalue weighted by Gasteiger charge is -1.94. The standard InChI is InChI=1S/C7H10N2O/c1-2-8-7-5-3-4-6-9(7)10/h3-6,10H,2H2,1H3. The fourth-order valence-electron chi connectivity index (χ4n) is 0.713. The molecule has 0 unspecified atom stereocenters. The monoisotopic (exact) mass is 138 g/mol. The minimum Gasteiger partial charge on any atom is -0.427 e. The summed E-state index contributed by atoms with van der Waals surface area (Å²) < 4.78 is 1.00. The van der Waals surface area contributed by atoms with E-state index in [0.29, 0.717) is 12.0 Å². The molecule has 0 bridgehead atoms. The van der Waals surface area contributed by atoms with E-state index in [1.54, 1.807) is 18.3 Å². The van der Waals surface area contributed by atoms with Crippen molar-refractivity contribution in [3.05, 3.63) is 29.9 Å². The van der Waals surface area contributed by atoms with E-state index in [2.05, 4.69) is 4.99 Å². The van der Waals surface area contributed by atoms with Crippen LogP contribution in [0, 0.1) is 0 Å². The van der Waals surface area contributed by atoms with E-state index >= 15 is 0 Å². The van der Waals surface area contributed by atoms with Gasteiger partial charge in [0.25, 0.3) is 0 Å². The minimum absolute atomic E-state index is 0.588. The van der Waals surface area contributed by atoms with E-state index in [-0.39, 0.29) is 0 Å². The van der Waals surface area contributed by atoms with Gasteiger partial charge in [-0.25, -0.2) is 0 Å². The lowest BCUT2D eigenvalue weighted by molar-refractivity contribution is 0.171. The van der Waals surface area contributed by atoms with Gasteiger partial charge in [-0.05, 0) is 19.1 Å². The van der Waals surface area contributed by atoms with Gasteiger partial charge in [0.1, 0.15) is 0 Å². The third-order valence-electron chi connectivity index (χ3n) is 1.14. The summed E-state index contributed by atoms with van der Waals surface area (Å²) in [6.45, 7) is 2.61. The third kappa shape index (κ3) is 1.37. The predicted molar refractivity (Wildman–Crippen MR) is 37.7 cm³/mol. The average molecular weight is 138 g/mol. The Labute approximate surface area is 59.2 Å². The van der Waals surface area contributed by atoms with Gasteiger partial charge in [-0.1, -0.05) is 6.07 Å². The van der Waals surface area contributed by atoms with E-state index < -0.39 is 0 Å². The zero-order chi connectivity index (χ0) is 7.40. The van der Waals surface area contributed by atoms with Crippen LogP contribution >= 0.6 is 0 Å². The molecule has 0 saturated carbocycles. The molecule has 54 valence electrons.